The number of nitrogens with zero attached hydrogens (tertiary/aromatic N) is 2. The van der Waals surface area contributed by atoms with E-state index in [4.69, 9.17) is 10.00 Å². The van der Waals surface area contributed by atoms with E-state index < -0.39 is 0 Å². The fourth-order valence-electron chi connectivity index (χ4n) is 1.67. The molecule has 0 unspecified atom stereocenters. The number of anilines is 1. The zero-order valence-electron chi connectivity index (χ0n) is 8.86. The van der Waals surface area contributed by atoms with Gasteiger partial charge >= 0.3 is 6.03 Å². The van der Waals surface area contributed by atoms with Crippen LogP contribution in [0.25, 0.3) is 0 Å². The molecule has 1 aromatic rings. The Morgan fingerprint density at radius 2 is 2.38 bits per heavy atom. The number of hydrogen-bond donors (Lipinski definition) is 1. The van der Waals surface area contributed by atoms with Crippen LogP contribution in [0.2, 0.25) is 0 Å². The molecule has 0 radical (unpaired) electrons. The Bertz CT molecular complexity index is 465. The van der Waals surface area contributed by atoms with E-state index >= 15 is 0 Å². The molecular weight excluding hydrogens is 206 g/mol. The summed E-state index contributed by atoms with van der Waals surface area (Å²) in [6.07, 6.45) is 0. The molecule has 0 spiro atoms. The van der Waals surface area contributed by atoms with Crippen molar-refractivity contribution in [2.24, 2.45) is 0 Å². The minimum atomic E-state index is -0.136. The molecule has 2 amide bonds. The first-order valence-electron chi connectivity index (χ1n) is 4.90. The van der Waals surface area contributed by atoms with Gasteiger partial charge in [-0.15, -0.1) is 0 Å². The Balaban J connectivity index is 2.41. The van der Waals surface area contributed by atoms with Crippen LogP contribution in [-0.2, 0) is 0 Å². The molecule has 1 aliphatic rings. The van der Waals surface area contributed by atoms with Gasteiger partial charge in [0.1, 0.15) is 5.75 Å². The number of amides is 2. The van der Waals surface area contributed by atoms with Crippen molar-refractivity contribution in [3.05, 3.63) is 23.8 Å². The molecule has 1 aromatic carbocycles. The summed E-state index contributed by atoms with van der Waals surface area (Å²) in [6.45, 7) is 1.24. The topological polar surface area (TPSA) is 65.4 Å². The van der Waals surface area contributed by atoms with E-state index in [0.29, 0.717) is 30.1 Å². The third-order valence-corrected chi connectivity index (χ3v) is 2.46. The zero-order valence-corrected chi connectivity index (χ0v) is 8.86. The van der Waals surface area contributed by atoms with E-state index in [1.54, 1.807) is 23.1 Å². The predicted octanol–water partition coefficient (Wildman–Crippen LogP) is 1.10. The molecular formula is C11H11N3O2. The van der Waals surface area contributed by atoms with E-state index in [1.165, 1.54) is 7.11 Å². The van der Waals surface area contributed by atoms with Crippen molar-refractivity contribution in [2.75, 3.05) is 25.1 Å². The SMILES string of the molecule is COc1cc(C#N)ccc1N1CCNC1=O. The first-order valence-corrected chi connectivity index (χ1v) is 4.90. The van der Waals surface area contributed by atoms with Gasteiger partial charge in [-0.2, -0.15) is 5.26 Å². The summed E-state index contributed by atoms with van der Waals surface area (Å²) in [7, 11) is 1.52. The maximum Gasteiger partial charge on any atom is 0.322 e. The van der Waals surface area contributed by atoms with Crippen molar-refractivity contribution in [1.82, 2.24) is 5.32 Å². The van der Waals surface area contributed by atoms with Gasteiger partial charge in [0, 0.05) is 19.2 Å². The number of carbonyl (C=O) groups excluding carboxylic acids is 1. The van der Waals surface area contributed by atoms with Gasteiger partial charge in [0.25, 0.3) is 0 Å². The van der Waals surface area contributed by atoms with Gasteiger partial charge in [0.05, 0.1) is 24.4 Å². The van der Waals surface area contributed by atoms with Crippen LogP contribution in [0.1, 0.15) is 5.56 Å². The predicted molar refractivity (Wildman–Crippen MR) is 58.5 cm³/mol. The van der Waals surface area contributed by atoms with Crippen molar-refractivity contribution in [3.8, 4) is 11.8 Å². The maximum atomic E-state index is 11.5. The lowest BCUT2D eigenvalue weighted by Gasteiger charge is -2.17. The molecule has 0 aliphatic carbocycles. The van der Waals surface area contributed by atoms with Gasteiger partial charge in [-0.25, -0.2) is 4.79 Å². The van der Waals surface area contributed by atoms with E-state index in [2.05, 4.69) is 5.32 Å². The molecule has 0 atom stereocenters. The van der Waals surface area contributed by atoms with Gasteiger partial charge in [-0.3, -0.25) is 4.90 Å². The lowest BCUT2D eigenvalue weighted by atomic mass is 10.2. The van der Waals surface area contributed by atoms with Crippen LogP contribution in [0.5, 0.6) is 5.75 Å². The minimum absolute atomic E-state index is 0.136. The normalized spacial score (nSPS) is 14.5. The number of nitrogens with one attached hydrogen (secondary N) is 1. The molecule has 16 heavy (non-hydrogen) atoms. The lowest BCUT2D eigenvalue weighted by Crippen LogP contribution is -2.28. The highest BCUT2D eigenvalue weighted by Crippen LogP contribution is 2.30. The van der Waals surface area contributed by atoms with Gasteiger partial charge in [-0.05, 0) is 12.1 Å². The van der Waals surface area contributed by atoms with Crippen molar-refractivity contribution in [1.29, 1.82) is 5.26 Å². The van der Waals surface area contributed by atoms with E-state index in [0.717, 1.165) is 0 Å². The Morgan fingerprint density at radius 3 is 2.94 bits per heavy atom. The standard InChI is InChI=1S/C11H11N3O2/c1-16-10-6-8(7-12)2-3-9(10)14-5-4-13-11(14)15/h2-3,6H,4-5H2,1H3,(H,13,15). The van der Waals surface area contributed by atoms with E-state index in [1.807, 2.05) is 6.07 Å². The van der Waals surface area contributed by atoms with E-state index in [9.17, 15) is 4.79 Å². The summed E-state index contributed by atoms with van der Waals surface area (Å²) < 4.78 is 5.18. The third-order valence-electron chi connectivity index (χ3n) is 2.46. The number of carbonyl (C=O) groups is 1. The number of methoxy groups -OCH3 is 1. The van der Waals surface area contributed by atoms with Gasteiger partial charge in [-0.1, -0.05) is 0 Å². The van der Waals surface area contributed by atoms with Crippen LogP contribution >= 0.6 is 0 Å². The smallest absolute Gasteiger partial charge is 0.322 e. The van der Waals surface area contributed by atoms with Crippen LogP contribution in [0.15, 0.2) is 18.2 Å². The average Bonchev–Trinajstić information content (AvgIpc) is 2.74. The van der Waals surface area contributed by atoms with Crippen LogP contribution < -0.4 is 15.0 Å². The molecule has 82 valence electrons. The van der Waals surface area contributed by atoms with Crippen LogP contribution in [0.3, 0.4) is 0 Å². The van der Waals surface area contributed by atoms with Crippen LogP contribution in [0.4, 0.5) is 10.5 Å². The molecule has 1 fully saturated rings. The highest BCUT2D eigenvalue weighted by Gasteiger charge is 2.23. The minimum Gasteiger partial charge on any atom is -0.495 e. The second kappa shape index (κ2) is 4.11. The highest BCUT2D eigenvalue weighted by atomic mass is 16.5. The molecule has 1 aliphatic heterocycles. The molecule has 0 aromatic heterocycles. The maximum absolute atomic E-state index is 11.5. The number of nitriles is 1. The number of urea groups is 1. The average molecular weight is 217 g/mol. The highest BCUT2D eigenvalue weighted by molar-refractivity contribution is 5.95. The molecule has 5 nitrogen and oxygen atoms in total. The fourth-order valence-corrected chi connectivity index (χ4v) is 1.67. The number of ether oxygens (including phenoxy) is 1. The largest absolute Gasteiger partial charge is 0.495 e. The molecule has 1 heterocycles. The molecule has 1 N–H and O–H groups in total. The monoisotopic (exact) mass is 217 g/mol. The lowest BCUT2D eigenvalue weighted by molar-refractivity contribution is 0.252. The van der Waals surface area contributed by atoms with Crippen molar-refractivity contribution >= 4 is 11.7 Å². The van der Waals surface area contributed by atoms with Crippen molar-refractivity contribution in [3.63, 3.8) is 0 Å². The summed E-state index contributed by atoms with van der Waals surface area (Å²) in [5, 5.41) is 11.5. The molecule has 0 bridgehead atoms. The Morgan fingerprint density at radius 1 is 1.56 bits per heavy atom. The van der Waals surface area contributed by atoms with E-state index in [-0.39, 0.29) is 6.03 Å². The number of rotatable bonds is 2. The summed E-state index contributed by atoms with van der Waals surface area (Å²) in [6, 6.07) is 6.92. The summed E-state index contributed by atoms with van der Waals surface area (Å²) in [4.78, 5) is 13.1. The van der Waals surface area contributed by atoms with Gasteiger partial charge in [0.2, 0.25) is 0 Å². The Hall–Kier alpha value is -2.22. The Kier molecular flexibility index (Phi) is 2.64. The quantitative estimate of drug-likeness (QED) is 0.806. The molecule has 0 saturated carbocycles. The Labute approximate surface area is 93.2 Å². The molecule has 1 saturated heterocycles. The van der Waals surface area contributed by atoms with Crippen LogP contribution in [-0.4, -0.2) is 26.2 Å². The summed E-state index contributed by atoms with van der Waals surface area (Å²) in [5.74, 6) is 0.538. The number of benzene rings is 1. The zero-order chi connectivity index (χ0) is 11.5. The van der Waals surface area contributed by atoms with Crippen molar-refractivity contribution in [2.45, 2.75) is 0 Å². The third kappa shape index (κ3) is 1.65. The van der Waals surface area contributed by atoms with Gasteiger partial charge < -0.3 is 10.1 Å². The second-order valence-corrected chi connectivity index (χ2v) is 3.38. The summed E-state index contributed by atoms with van der Waals surface area (Å²) >= 11 is 0. The van der Waals surface area contributed by atoms with Gasteiger partial charge in [0.15, 0.2) is 0 Å². The number of hydrogen-bond acceptors (Lipinski definition) is 3. The second-order valence-electron chi connectivity index (χ2n) is 3.38. The first kappa shape index (κ1) is 10.3. The molecule has 2 rings (SSSR count). The summed E-state index contributed by atoms with van der Waals surface area (Å²) in [5.41, 5.74) is 1.21. The fraction of sp³-hybridized carbons (Fsp3) is 0.273. The van der Waals surface area contributed by atoms with Crippen molar-refractivity contribution < 1.29 is 9.53 Å². The first-order chi connectivity index (χ1) is 7.76. The van der Waals surface area contributed by atoms with Crippen LogP contribution in [0, 0.1) is 11.3 Å². The molecule has 5 heteroatoms.